The highest BCUT2D eigenvalue weighted by molar-refractivity contribution is 5.91. The zero-order chi connectivity index (χ0) is 29.7. The minimum atomic E-state index is -3.22. The molecule has 0 saturated heterocycles. The molecule has 2 aromatic rings. The van der Waals surface area contributed by atoms with E-state index >= 15 is 0 Å². The van der Waals surface area contributed by atoms with E-state index in [-0.39, 0.29) is 24.5 Å². The van der Waals surface area contributed by atoms with E-state index in [4.69, 9.17) is 25.7 Å². The number of rotatable bonds is 15. The van der Waals surface area contributed by atoms with Crippen LogP contribution in [0.3, 0.4) is 0 Å². The lowest BCUT2D eigenvalue weighted by Gasteiger charge is -2.33. The predicted molar refractivity (Wildman–Crippen MR) is 156 cm³/mol. The molecule has 0 atom stereocenters. The largest absolute Gasteiger partial charge is 0.462 e. The Bertz CT molecular complexity index is 1130. The topological polar surface area (TPSA) is 114 Å². The van der Waals surface area contributed by atoms with Crippen molar-refractivity contribution in [1.82, 2.24) is 0 Å². The maximum atomic E-state index is 14.8. The second-order valence-corrected chi connectivity index (χ2v) is 10.7. The lowest BCUT2D eigenvalue weighted by atomic mass is 9.79. The zero-order valence-electron chi connectivity index (χ0n) is 23.8. The monoisotopic (exact) mass is 572 g/mol. The Morgan fingerprint density at radius 2 is 1.56 bits per heavy atom. The first-order valence-corrected chi connectivity index (χ1v) is 14.5. The normalized spacial score (nSPS) is 17.3. The number of benzene rings is 2. The molecule has 7 nitrogen and oxygen atoms in total. The van der Waals surface area contributed by atoms with Gasteiger partial charge in [0.05, 0.1) is 24.7 Å². The van der Waals surface area contributed by atoms with Gasteiger partial charge in [0, 0.05) is 23.9 Å². The van der Waals surface area contributed by atoms with Crippen LogP contribution in [0.5, 0.6) is 5.75 Å². The van der Waals surface area contributed by atoms with Crippen LogP contribution < -0.4 is 16.2 Å². The first-order valence-electron chi connectivity index (χ1n) is 14.5. The average molecular weight is 573 g/mol. The molecule has 0 radical (unpaired) electrons. The summed E-state index contributed by atoms with van der Waals surface area (Å²) in [5, 5.41) is 0. The highest BCUT2D eigenvalue weighted by Crippen LogP contribution is 2.41. The fourth-order valence-electron chi connectivity index (χ4n) is 5.02. The van der Waals surface area contributed by atoms with Crippen LogP contribution in [0.4, 0.5) is 20.2 Å². The van der Waals surface area contributed by atoms with Crippen molar-refractivity contribution in [2.24, 2.45) is 11.8 Å². The minimum absolute atomic E-state index is 0.0527. The van der Waals surface area contributed by atoms with Gasteiger partial charge in [-0.05, 0) is 73.6 Å². The van der Waals surface area contributed by atoms with Gasteiger partial charge in [0.15, 0.2) is 0 Å². The van der Waals surface area contributed by atoms with Crippen molar-refractivity contribution in [3.05, 3.63) is 59.7 Å². The van der Waals surface area contributed by atoms with Crippen LogP contribution in [0.15, 0.2) is 48.5 Å². The summed E-state index contributed by atoms with van der Waals surface area (Å²) in [6, 6.07) is 10.6. The van der Waals surface area contributed by atoms with Gasteiger partial charge in [-0.25, -0.2) is 9.59 Å². The number of alkyl halides is 2. The number of hydrogen-bond acceptors (Lipinski definition) is 7. The molecule has 2 aromatic carbocycles. The Labute approximate surface area is 241 Å². The Morgan fingerprint density at radius 1 is 0.902 bits per heavy atom. The summed E-state index contributed by atoms with van der Waals surface area (Å²) in [5.41, 5.74) is 12.9. The standard InChI is InChI=1S/C32H42F2N2O5/c1-2-3-4-5-7-23-8-13-26(14-9-23)32(33,34)41-29-15-10-24(11-16-29)12-17-30(37)39-18-6-19-40-31(38)25-20-27(35)22-28(36)21-25/h10-12,15-17,20-23,26H,2-9,13-14,18-19,35-36H2,1H3. The molecule has 41 heavy (non-hydrogen) atoms. The number of nitrogen functional groups attached to an aromatic ring is 2. The molecule has 0 aromatic heterocycles. The molecule has 224 valence electrons. The number of unbranched alkanes of at least 4 members (excludes halogenated alkanes) is 3. The van der Waals surface area contributed by atoms with Gasteiger partial charge in [-0.3, -0.25) is 0 Å². The second-order valence-electron chi connectivity index (χ2n) is 10.7. The van der Waals surface area contributed by atoms with Gasteiger partial charge in [-0.15, -0.1) is 0 Å². The number of halogens is 2. The molecule has 1 aliphatic carbocycles. The maximum Gasteiger partial charge on any atom is 0.400 e. The summed E-state index contributed by atoms with van der Waals surface area (Å²) in [7, 11) is 0. The Morgan fingerprint density at radius 3 is 2.22 bits per heavy atom. The van der Waals surface area contributed by atoms with Crippen molar-refractivity contribution in [2.75, 3.05) is 24.7 Å². The average Bonchev–Trinajstić information content (AvgIpc) is 2.94. The van der Waals surface area contributed by atoms with Crippen LogP contribution in [0, 0.1) is 11.8 Å². The third-order valence-electron chi connectivity index (χ3n) is 7.31. The molecule has 0 bridgehead atoms. The summed E-state index contributed by atoms with van der Waals surface area (Å²) in [5.74, 6) is -1.28. The SMILES string of the molecule is CCCCCCC1CCC(C(F)(F)Oc2ccc(C=CC(=O)OCCCOC(=O)c3cc(N)cc(N)c3)cc2)CC1. The summed E-state index contributed by atoms with van der Waals surface area (Å²) >= 11 is 0. The number of esters is 2. The van der Waals surface area contributed by atoms with E-state index in [0.29, 0.717) is 42.1 Å². The molecule has 1 fully saturated rings. The summed E-state index contributed by atoms with van der Waals surface area (Å²) in [6.45, 7) is 2.29. The van der Waals surface area contributed by atoms with Crippen LogP contribution in [-0.4, -0.2) is 31.3 Å². The number of anilines is 2. The zero-order valence-corrected chi connectivity index (χ0v) is 23.8. The van der Waals surface area contributed by atoms with E-state index in [1.54, 1.807) is 12.1 Å². The Hall–Kier alpha value is -3.62. The molecule has 1 aliphatic rings. The fourth-order valence-corrected chi connectivity index (χ4v) is 5.02. The third kappa shape index (κ3) is 11.1. The second kappa shape index (κ2) is 16.0. The van der Waals surface area contributed by atoms with Crippen molar-refractivity contribution < 1.29 is 32.6 Å². The van der Waals surface area contributed by atoms with Gasteiger partial charge < -0.3 is 25.7 Å². The molecule has 1 saturated carbocycles. The van der Waals surface area contributed by atoms with Crippen LogP contribution in [-0.2, 0) is 14.3 Å². The first kappa shape index (κ1) is 31.9. The third-order valence-corrected chi connectivity index (χ3v) is 7.31. The fraction of sp³-hybridized carbons (Fsp3) is 0.500. The number of hydrogen-bond donors (Lipinski definition) is 2. The summed E-state index contributed by atoms with van der Waals surface area (Å²) in [6.07, 6.45) is 8.48. The predicted octanol–water partition coefficient (Wildman–Crippen LogP) is 7.40. The van der Waals surface area contributed by atoms with Crippen molar-refractivity contribution in [3.8, 4) is 5.75 Å². The van der Waals surface area contributed by atoms with E-state index < -0.39 is 24.0 Å². The van der Waals surface area contributed by atoms with Gasteiger partial charge in [0.2, 0.25) is 0 Å². The number of carbonyl (C=O) groups excluding carboxylic acids is 2. The van der Waals surface area contributed by atoms with E-state index in [1.807, 2.05) is 0 Å². The van der Waals surface area contributed by atoms with Crippen molar-refractivity contribution in [1.29, 1.82) is 0 Å². The van der Waals surface area contributed by atoms with E-state index in [2.05, 4.69) is 6.92 Å². The highest BCUT2D eigenvalue weighted by Gasteiger charge is 2.43. The summed E-state index contributed by atoms with van der Waals surface area (Å²) in [4.78, 5) is 24.0. The van der Waals surface area contributed by atoms with E-state index in [9.17, 15) is 18.4 Å². The van der Waals surface area contributed by atoms with Crippen LogP contribution in [0.1, 0.15) is 87.1 Å². The molecule has 0 unspecified atom stereocenters. The molecular formula is C32H42F2N2O5. The van der Waals surface area contributed by atoms with Gasteiger partial charge in [-0.1, -0.05) is 51.2 Å². The van der Waals surface area contributed by atoms with Crippen molar-refractivity contribution >= 4 is 29.4 Å². The van der Waals surface area contributed by atoms with Crippen molar-refractivity contribution in [3.63, 3.8) is 0 Å². The molecule has 9 heteroatoms. The lowest BCUT2D eigenvalue weighted by molar-refractivity contribution is -0.223. The van der Waals surface area contributed by atoms with E-state index in [1.165, 1.54) is 68.2 Å². The van der Waals surface area contributed by atoms with Crippen LogP contribution in [0.2, 0.25) is 0 Å². The Balaban J connectivity index is 1.34. The molecule has 0 aliphatic heterocycles. The van der Waals surface area contributed by atoms with Crippen LogP contribution in [0.25, 0.3) is 6.08 Å². The molecule has 4 N–H and O–H groups in total. The van der Waals surface area contributed by atoms with Gasteiger partial charge in [-0.2, -0.15) is 8.78 Å². The van der Waals surface area contributed by atoms with Crippen molar-refractivity contribution in [2.45, 2.75) is 77.2 Å². The number of nitrogens with two attached hydrogens (primary N) is 2. The number of carbonyl (C=O) groups is 2. The van der Waals surface area contributed by atoms with Gasteiger partial charge in [0.25, 0.3) is 0 Å². The summed E-state index contributed by atoms with van der Waals surface area (Å²) < 4.78 is 45.0. The lowest BCUT2D eigenvalue weighted by Crippen LogP contribution is -2.37. The van der Waals surface area contributed by atoms with Gasteiger partial charge in [0.1, 0.15) is 5.75 Å². The van der Waals surface area contributed by atoms with Crippen LogP contribution >= 0.6 is 0 Å². The quantitative estimate of drug-likeness (QED) is 0.0989. The molecule has 0 spiro atoms. The Kier molecular flexibility index (Phi) is 12.4. The molecule has 0 amide bonds. The van der Waals surface area contributed by atoms with E-state index in [0.717, 1.165) is 19.3 Å². The minimum Gasteiger partial charge on any atom is -0.462 e. The van der Waals surface area contributed by atoms with Gasteiger partial charge >= 0.3 is 18.0 Å². The maximum absolute atomic E-state index is 14.8. The molecular weight excluding hydrogens is 530 g/mol. The molecule has 3 rings (SSSR count). The highest BCUT2D eigenvalue weighted by atomic mass is 19.3. The smallest absolute Gasteiger partial charge is 0.400 e. The molecule has 0 heterocycles. The number of ether oxygens (including phenoxy) is 3. The first-order chi connectivity index (χ1) is 19.7.